The van der Waals surface area contributed by atoms with Crippen LogP contribution in [0.5, 0.6) is 0 Å². The molecule has 18 heavy (non-hydrogen) atoms. The number of rotatable bonds is 5. The highest BCUT2D eigenvalue weighted by molar-refractivity contribution is 5.34. The van der Waals surface area contributed by atoms with E-state index in [1.54, 1.807) is 0 Å². The van der Waals surface area contributed by atoms with Crippen molar-refractivity contribution in [3.8, 4) is 0 Å². The second-order valence-corrected chi connectivity index (χ2v) is 4.99. The van der Waals surface area contributed by atoms with Crippen LogP contribution in [-0.4, -0.2) is 43.2 Å². The molecule has 1 aliphatic rings. The van der Waals surface area contributed by atoms with Crippen LogP contribution in [0.25, 0.3) is 0 Å². The van der Waals surface area contributed by atoms with Crippen LogP contribution in [0.4, 0.5) is 5.82 Å². The second-order valence-electron chi connectivity index (χ2n) is 4.99. The van der Waals surface area contributed by atoms with E-state index in [2.05, 4.69) is 28.3 Å². The number of likely N-dealkylation sites (N-methyl/N-ethyl adjacent to an activating group) is 1. The monoisotopic (exact) mass is 249 g/mol. The molecule has 0 aromatic carbocycles. The van der Waals surface area contributed by atoms with Crippen LogP contribution >= 0.6 is 0 Å². The highest BCUT2D eigenvalue weighted by Crippen LogP contribution is 2.14. The SMILES string of the molecule is CNc1ccc(CN(C)CC2CCCCO2)cn1. The molecular weight excluding hydrogens is 226 g/mol. The normalized spacial score (nSPS) is 20.1. The molecule has 1 aliphatic heterocycles. The average Bonchev–Trinajstić information content (AvgIpc) is 2.40. The molecule has 0 radical (unpaired) electrons. The number of hydrogen-bond acceptors (Lipinski definition) is 4. The number of anilines is 1. The summed E-state index contributed by atoms with van der Waals surface area (Å²) in [7, 11) is 4.03. The van der Waals surface area contributed by atoms with E-state index < -0.39 is 0 Å². The molecule has 1 unspecified atom stereocenters. The van der Waals surface area contributed by atoms with E-state index in [1.165, 1.54) is 24.8 Å². The van der Waals surface area contributed by atoms with Gasteiger partial charge in [0, 0.05) is 32.9 Å². The largest absolute Gasteiger partial charge is 0.377 e. The van der Waals surface area contributed by atoms with Crippen molar-refractivity contribution in [1.82, 2.24) is 9.88 Å². The molecule has 0 spiro atoms. The molecule has 0 amide bonds. The summed E-state index contributed by atoms with van der Waals surface area (Å²) in [6.07, 6.45) is 6.06. The number of nitrogens with zero attached hydrogens (tertiary/aromatic N) is 2. The minimum atomic E-state index is 0.410. The predicted octanol–water partition coefficient (Wildman–Crippen LogP) is 2.12. The van der Waals surface area contributed by atoms with Crippen LogP contribution in [0.15, 0.2) is 18.3 Å². The summed E-state index contributed by atoms with van der Waals surface area (Å²) in [5.74, 6) is 0.914. The van der Waals surface area contributed by atoms with E-state index >= 15 is 0 Å². The Kier molecular flexibility index (Phi) is 4.96. The lowest BCUT2D eigenvalue weighted by atomic mass is 10.1. The summed E-state index contributed by atoms with van der Waals surface area (Å²) in [5.41, 5.74) is 1.24. The molecular formula is C14H23N3O. The molecule has 1 N–H and O–H groups in total. The lowest BCUT2D eigenvalue weighted by molar-refractivity contribution is -0.00260. The first kappa shape index (κ1) is 13.3. The molecule has 1 fully saturated rings. The maximum absolute atomic E-state index is 5.76. The molecule has 0 aliphatic carbocycles. The summed E-state index contributed by atoms with van der Waals surface area (Å²) >= 11 is 0. The second kappa shape index (κ2) is 6.71. The van der Waals surface area contributed by atoms with E-state index in [0.29, 0.717) is 6.10 Å². The van der Waals surface area contributed by atoms with Gasteiger partial charge in [0.25, 0.3) is 0 Å². The van der Waals surface area contributed by atoms with Gasteiger partial charge in [0.2, 0.25) is 0 Å². The van der Waals surface area contributed by atoms with Gasteiger partial charge < -0.3 is 10.1 Å². The number of ether oxygens (including phenoxy) is 1. The minimum absolute atomic E-state index is 0.410. The van der Waals surface area contributed by atoms with Crippen LogP contribution < -0.4 is 5.32 Å². The standard InChI is InChI=1S/C14H23N3O/c1-15-14-7-6-12(9-16-14)10-17(2)11-13-5-3-4-8-18-13/h6-7,9,13H,3-5,8,10-11H2,1-2H3,(H,15,16). The third-order valence-corrected chi connectivity index (χ3v) is 3.32. The summed E-state index contributed by atoms with van der Waals surface area (Å²) < 4.78 is 5.76. The first-order chi connectivity index (χ1) is 8.78. The van der Waals surface area contributed by atoms with Gasteiger partial charge in [0.1, 0.15) is 5.82 Å². The van der Waals surface area contributed by atoms with Crippen LogP contribution in [-0.2, 0) is 11.3 Å². The van der Waals surface area contributed by atoms with Gasteiger partial charge in [-0.25, -0.2) is 4.98 Å². The molecule has 1 saturated heterocycles. The molecule has 4 heteroatoms. The van der Waals surface area contributed by atoms with Crippen molar-refractivity contribution in [2.45, 2.75) is 31.9 Å². The van der Waals surface area contributed by atoms with Crippen LogP contribution in [0, 0.1) is 0 Å². The Balaban J connectivity index is 1.80. The van der Waals surface area contributed by atoms with E-state index in [1.807, 2.05) is 19.3 Å². The van der Waals surface area contributed by atoms with Gasteiger partial charge in [-0.1, -0.05) is 6.07 Å². The first-order valence-corrected chi connectivity index (χ1v) is 6.71. The quantitative estimate of drug-likeness (QED) is 0.867. The van der Waals surface area contributed by atoms with Crippen molar-refractivity contribution in [3.63, 3.8) is 0 Å². The van der Waals surface area contributed by atoms with Gasteiger partial charge in [-0.15, -0.1) is 0 Å². The lowest BCUT2D eigenvalue weighted by Crippen LogP contribution is -2.33. The van der Waals surface area contributed by atoms with Gasteiger partial charge in [0.15, 0.2) is 0 Å². The van der Waals surface area contributed by atoms with Crippen LogP contribution in [0.1, 0.15) is 24.8 Å². The van der Waals surface area contributed by atoms with E-state index in [4.69, 9.17) is 4.74 Å². The van der Waals surface area contributed by atoms with E-state index in [9.17, 15) is 0 Å². The zero-order valence-electron chi connectivity index (χ0n) is 11.4. The molecule has 2 heterocycles. The van der Waals surface area contributed by atoms with Crippen molar-refractivity contribution < 1.29 is 4.74 Å². The maximum atomic E-state index is 5.76. The van der Waals surface area contributed by atoms with Gasteiger partial charge in [-0.2, -0.15) is 0 Å². The van der Waals surface area contributed by atoms with Crippen molar-refractivity contribution in [1.29, 1.82) is 0 Å². The number of nitrogens with one attached hydrogen (secondary N) is 1. The van der Waals surface area contributed by atoms with Crippen molar-refractivity contribution in [2.24, 2.45) is 0 Å². The number of pyridine rings is 1. The zero-order chi connectivity index (χ0) is 12.8. The van der Waals surface area contributed by atoms with Crippen molar-refractivity contribution in [3.05, 3.63) is 23.9 Å². The average molecular weight is 249 g/mol. The third kappa shape index (κ3) is 3.96. The van der Waals surface area contributed by atoms with Gasteiger partial charge in [-0.05, 0) is 37.9 Å². The van der Waals surface area contributed by atoms with Gasteiger partial charge in [-0.3, -0.25) is 4.90 Å². The fourth-order valence-electron chi connectivity index (χ4n) is 2.34. The Morgan fingerprint density at radius 1 is 1.44 bits per heavy atom. The van der Waals surface area contributed by atoms with Crippen LogP contribution in [0.2, 0.25) is 0 Å². The molecule has 4 nitrogen and oxygen atoms in total. The fourth-order valence-corrected chi connectivity index (χ4v) is 2.34. The van der Waals surface area contributed by atoms with E-state index in [0.717, 1.165) is 25.5 Å². The predicted molar refractivity (Wildman–Crippen MR) is 73.7 cm³/mol. The Labute approximate surface area is 109 Å². The van der Waals surface area contributed by atoms with E-state index in [-0.39, 0.29) is 0 Å². The summed E-state index contributed by atoms with van der Waals surface area (Å²) in [6.45, 7) is 2.86. The summed E-state index contributed by atoms with van der Waals surface area (Å²) in [4.78, 5) is 6.64. The highest BCUT2D eigenvalue weighted by Gasteiger charge is 2.15. The fraction of sp³-hybridized carbons (Fsp3) is 0.643. The van der Waals surface area contributed by atoms with Crippen LogP contribution in [0.3, 0.4) is 0 Å². The molecule has 0 saturated carbocycles. The molecule has 100 valence electrons. The Hall–Kier alpha value is -1.13. The lowest BCUT2D eigenvalue weighted by Gasteiger charge is -2.27. The smallest absolute Gasteiger partial charge is 0.125 e. The Morgan fingerprint density at radius 3 is 2.94 bits per heavy atom. The third-order valence-electron chi connectivity index (χ3n) is 3.32. The summed E-state index contributed by atoms with van der Waals surface area (Å²) in [5, 5.41) is 3.03. The van der Waals surface area contributed by atoms with Gasteiger partial charge in [0.05, 0.1) is 6.10 Å². The Bertz CT molecular complexity index is 347. The van der Waals surface area contributed by atoms with Crippen molar-refractivity contribution >= 4 is 5.82 Å². The molecule has 1 aromatic heterocycles. The number of hydrogen-bond donors (Lipinski definition) is 1. The first-order valence-electron chi connectivity index (χ1n) is 6.71. The molecule has 1 aromatic rings. The molecule has 0 bridgehead atoms. The molecule has 2 rings (SSSR count). The highest BCUT2D eigenvalue weighted by atomic mass is 16.5. The molecule has 1 atom stereocenters. The number of aromatic nitrogens is 1. The topological polar surface area (TPSA) is 37.4 Å². The zero-order valence-corrected chi connectivity index (χ0v) is 11.4. The minimum Gasteiger partial charge on any atom is -0.377 e. The maximum Gasteiger partial charge on any atom is 0.125 e. The Morgan fingerprint density at radius 2 is 2.33 bits per heavy atom. The van der Waals surface area contributed by atoms with Gasteiger partial charge >= 0.3 is 0 Å². The van der Waals surface area contributed by atoms with Crippen molar-refractivity contribution in [2.75, 3.05) is 32.6 Å². The summed E-state index contributed by atoms with van der Waals surface area (Å²) in [6, 6.07) is 4.14.